The Bertz CT molecular complexity index is 172. The molecule has 0 atom stereocenters. The van der Waals surface area contributed by atoms with Gasteiger partial charge in [-0.1, -0.05) is 13.8 Å². The van der Waals surface area contributed by atoms with Gasteiger partial charge in [0.1, 0.15) is 0 Å². The fourth-order valence-electron chi connectivity index (χ4n) is 1.32. The lowest BCUT2D eigenvalue weighted by molar-refractivity contribution is 0.114. The predicted molar refractivity (Wildman–Crippen MR) is 62.0 cm³/mol. The lowest BCUT2D eigenvalue weighted by Gasteiger charge is -2.19. The zero-order valence-corrected chi connectivity index (χ0v) is 10.4. The molecule has 0 aromatic heterocycles. The molecule has 0 aliphatic rings. The number of hydrogen-bond acceptors (Lipinski definition) is 3. The maximum absolute atomic E-state index is 11.1. The summed E-state index contributed by atoms with van der Waals surface area (Å²) in [6, 6.07) is 0. The number of ether oxygens (including phenoxy) is 1. The van der Waals surface area contributed by atoms with Gasteiger partial charge in [0.2, 0.25) is 0 Å². The molecule has 0 fully saturated rings. The molecule has 0 unspecified atom stereocenters. The van der Waals surface area contributed by atoms with E-state index in [1.54, 1.807) is 0 Å². The lowest BCUT2D eigenvalue weighted by Crippen LogP contribution is -2.36. The molecule has 0 rings (SSSR count). The summed E-state index contributed by atoms with van der Waals surface area (Å²) >= 11 is 0. The van der Waals surface area contributed by atoms with Crippen molar-refractivity contribution in [1.29, 1.82) is 0 Å². The highest BCUT2D eigenvalue weighted by Gasteiger charge is 2.05. The Morgan fingerprint density at radius 2 is 2.00 bits per heavy atom. The molecule has 0 aromatic carbocycles. The zero-order chi connectivity index (χ0) is 11.7. The van der Waals surface area contributed by atoms with Gasteiger partial charge in [-0.25, -0.2) is 4.79 Å². The number of carbonyl (C=O) groups is 1. The van der Waals surface area contributed by atoms with E-state index in [0.29, 0.717) is 6.54 Å². The standard InChI is InChI=1S/C11H24N2O2/c1-5-8-13(6-2)9-7-12-11(14)15-10(3)4/h10H,5-9H2,1-4H3,(H,12,14). The number of nitrogens with one attached hydrogen (secondary N) is 1. The molecule has 90 valence electrons. The Hall–Kier alpha value is -0.770. The van der Waals surface area contributed by atoms with E-state index in [0.717, 1.165) is 26.1 Å². The fourth-order valence-corrected chi connectivity index (χ4v) is 1.32. The van der Waals surface area contributed by atoms with E-state index in [4.69, 9.17) is 4.74 Å². The first kappa shape index (κ1) is 14.2. The summed E-state index contributed by atoms with van der Waals surface area (Å²) < 4.78 is 4.96. The molecule has 1 amide bonds. The van der Waals surface area contributed by atoms with E-state index >= 15 is 0 Å². The van der Waals surface area contributed by atoms with Crippen molar-refractivity contribution in [2.45, 2.75) is 40.2 Å². The first-order valence-corrected chi connectivity index (χ1v) is 5.77. The van der Waals surface area contributed by atoms with Crippen LogP contribution in [0.5, 0.6) is 0 Å². The second kappa shape index (κ2) is 8.53. The summed E-state index contributed by atoms with van der Waals surface area (Å²) in [5.74, 6) is 0. The molecule has 0 radical (unpaired) electrons. The molecule has 0 saturated carbocycles. The summed E-state index contributed by atoms with van der Waals surface area (Å²) in [6.45, 7) is 11.6. The van der Waals surface area contributed by atoms with Gasteiger partial charge in [-0.3, -0.25) is 0 Å². The van der Waals surface area contributed by atoms with Crippen molar-refractivity contribution in [3.63, 3.8) is 0 Å². The molecule has 0 spiro atoms. The van der Waals surface area contributed by atoms with Crippen molar-refractivity contribution >= 4 is 6.09 Å². The summed E-state index contributed by atoms with van der Waals surface area (Å²) in [7, 11) is 0. The number of likely N-dealkylation sites (N-methyl/N-ethyl adjacent to an activating group) is 1. The Kier molecular flexibility index (Phi) is 8.09. The normalized spacial score (nSPS) is 10.8. The molecule has 0 aromatic rings. The van der Waals surface area contributed by atoms with Crippen LogP contribution in [-0.4, -0.2) is 43.3 Å². The van der Waals surface area contributed by atoms with Crippen molar-refractivity contribution in [2.24, 2.45) is 0 Å². The highest BCUT2D eigenvalue weighted by Crippen LogP contribution is 1.90. The minimum atomic E-state index is -0.322. The fraction of sp³-hybridized carbons (Fsp3) is 0.909. The van der Waals surface area contributed by atoms with E-state index in [1.165, 1.54) is 0 Å². The van der Waals surface area contributed by atoms with Gasteiger partial charge in [-0.2, -0.15) is 0 Å². The van der Waals surface area contributed by atoms with Gasteiger partial charge < -0.3 is 15.0 Å². The zero-order valence-electron chi connectivity index (χ0n) is 10.4. The van der Waals surface area contributed by atoms with Gasteiger partial charge in [0.15, 0.2) is 0 Å². The molecule has 15 heavy (non-hydrogen) atoms. The van der Waals surface area contributed by atoms with Crippen molar-refractivity contribution in [2.75, 3.05) is 26.2 Å². The van der Waals surface area contributed by atoms with E-state index in [-0.39, 0.29) is 12.2 Å². The molecule has 0 aliphatic carbocycles. The van der Waals surface area contributed by atoms with Crippen molar-refractivity contribution in [3.8, 4) is 0 Å². The molecular weight excluding hydrogens is 192 g/mol. The predicted octanol–water partition coefficient (Wildman–Crippen LogP) is 1.85. The number of nitrogens with zero attached hydrogens (tertiary/aromatic N) is 1. The largest absolute Gasteiger partial charge is 0.447 e. The Balaban J connectivity index is 3.54. The summed E-state index contributed by atoms with van der Waals surface area (Å²) in [4.78, 5) is 13.4. The van der Waals surface area contributed by atoms with Crippen LogP contribution in [0.2, 0.25) is 0 Å². The van der Waals surface area contributed by atoms with E-state index in [9.17, 15) is 4.79 Å². The van der Waals surface area contributed by atoms with Crippen LogP contribution in [0.3, 0.4) is 0 Å². The lowest BCUT2D eigenvalue weighted by atomic mass is 10.4. The smallest absolute Gasteiger partial charge is 0.407 e. The number of carbonyl (C=O) groups excluding carboxylic acids is 1. The number of rotatable bonds is 7. The minimum absolute atomic E-state index is 0.0529. The summed E-state index contributed by atoms with van der Waals surface area (Å²) in [5, 5.41) is 2.73. The first-order chi connectivity index (χ1) is 7.10. The molecule has 0 saturated heterocycles. The van der Waals surface area contributed by atoms with Crippen molar-refractivity contribution in [1.82, 2.24) is 10.2 Å². The van der Waals surface area contributed by atoms with Gasteiger partial charge in [0, 0.05) is 13.1 Å². The van der Waals surface area contributed by atoms with Crippen LogP contribution in [0.1, 0.15) is 34.1 Å². The second-order valence-corrected chi connectivity index (χ2v) is 3.82. The Labute approximate surface area is 93.0 Å². The Morgan fingerprint density at radius 3 is 2.47 bits per heavy atom. The second-order valence-electron chi connectivity index (χ2n) is 3.82. The van der Waals surface area contributed by atoms with Crippen LogP contribution in [0, 0.1) is 0 Å². The number of hydrogen-bond donors (Lipinski definition) is 1. The van der Waals surface area contributed by atoms with Crippen LogP contribution in [-0.2, 0) is 4.74 Å². The molecule has 0 aliphatic heterocycles. The maximum Gasteiger partial charge on any atom is 0.407 e. The SMILES string of the molecule is CCCN(CC)CCNC(=O)OC(C)C. The van der Waals surface area contributed by atoms with Gasteiger partial charge in [-0.05, 0) is 33.4 Å². The molecule has 0 bridgehead atoms. The van der Waals surface area contributed by atoms with Gasteiger partial charge in [-0.15, -0.1) is 0 Å². The molecular formula is C11H24N2O2. The quantitative estimate of drug-likeness (QED) is 0.706. The topological polar surface area (TPSA) is 41.6 Å². The van der Waals surface area contributed by atoms with Crippen LogP contribution in [0.15, 0.2) is 0 Å². The van der Waals surface area contributed by atoms with Crippen LogP contribution < -0.4 is 5.32 Å². The number of amides is 1. The average Bonchev–Trinajstić information content (AvgIpc) is 2.15. The van der Waals surface area contributed by atoms with E-state index < -0.39 is 0 Å². The van der Waals surface area contributed by atoms with Gasteiger partial charge >= 0.3 is 6.09 Å². The maximum atomic E-state index is 11.1. The molecule has 4 heteroatoms. The van der Waals surface area contributed by atoms with Crippen LogP contribution in [0.4, 0.5) is 4.79 Å². The Morgan fingerprint density at radius 1 is 1.33 bits per heavy atom. The van der Waals surface area contributed by atoms with Gasteiger partial charge in [0.25, 0.3) is 0 Å². The average molecular weight is 216 g/mol. The third-order valence-corrected chi connectivity index (χ3v) is 2.03. The van der Waals surface area contributed by atoms with Crippen LogP contribution >= 0.6 is 0 Å². The molecule has 0 heterocycles. The van der Waals surface area contributed by atoms with Gasteiger partial charge in [0.05, 0.1) is 6.10 Å². The minimum Gasteiger partial charge on any atom is -0.447 e. The van der Waals surface area contributed by atoms with Crippen LogP contribution in [0.25, 0.3) is 0 Å². The van der Waals surface area contributed by atoms with E-state index in [2.05, 4.69) is 24.1 Å². The van der Waals surface area contributed by atoms with Crippen molar-refractivity contribution < 1.29 is 9.53 Å². The van der Waals surface area contributed by atoms with Crippen molar-refractivity contribution in [3.05, 3.63) is 0 Å². The first-order valence-electron chi connectivity index (χ1n) is 5.77. The monoisotopic (exact) mass is 216 g/mol. The number of alkyl carbamates (subject to hydrolysis) is 1. The van der Waals surface area contributed by atoms with E-state index in [1.807, 2.05) is 13.8 Å². The molecule has 4 nitrogen and oxygen atoms in total. The highest BCUT2D eigenvalue weighted by atomic mass is 16.6. The summed E-state index contributed by atoms with van der Waals surface area (Å²) in [5.41, 5.74) is 0. The third kappa shape index (κ3) is 8.24. The highest BCUT2D eigenvalue weighted by molar-refractivity contribution is 5.67. The third-order valence-electron chi connectivity index (χ3n) is 2.03. The summed E-state index contributed by atoms with van der Waals surface area (Å²) in [6.07, 6.45) is 0.769. The molecule has 1 N–H and O–H groups in total.